The average Bonchev–Trinajstić information content (AvgIpc) is 3.00. The Kier molecular flexibility index (Phi) is 4.84. The monoisotopic (exact) mass is 300 g/mol. The molecule has 0 spiro atoms. The topological polar surface area (TPSA) is 77.5 Å². The fourth-order valence-electron chi connectivity index (χ4n) is 1.64. The second-order valence-electron chi connectivity index (χ2n) is 3.71. The number of primary amides is 1. The molecule has 0 saturated heterocycles. The fourth-order valence-corrected chi connectivity index (χ4v) is 2.78. The van der Waals surface area contributed by atoms with Crippen LogP contribution in [0.15, 0.2) is 34.9 Å². The van der Waals surface area contributed by atoms with E-state index in [4.69, 9.17) is 21.8 Å². The number of amides is 1. The normalized spacial score (nSPS) is 12.3. The highest BCUT2D eigenvalue weighted by Crippen LogP contribution is 2.31. The summed E-state index contributed by atoms with van der Waals surface area (Å²) in [5.41, 5.74) is 4.90. The van der Waals surface area contributed by atoms with Crippen LogP contribution in [-0.2, 0) is 4.74 Å². The molecule has 2 heterocycles. The van der Waals surface area contributed by atoms with E-state index < -0.39 is 6.09 Å². The lowest BCUT2D eigenvalue weighted by Gasteiger charge is -2.14. The number of nitrogens with one attached hydrogen (secondary N) is 1. The fraction of sp³-hybridized carbons (Fsp3) is 0.250. The van der Waals surface area contributed by atoms with Gasteiger partial charge in [0.05, 0.1) is 10.6 Å². The first-order valence-electron chi connectivity index (χ1n) is 5.61. The number of nitrogens with two attached hydrogens (primary N) is 1. The summed E-state index contributed by atoms with van der Waals surface area (Å²) in [6.45, 7) is 0.662. The van der Waals surface area contributed by atoms with Gasteiger partial charge in [-0.1, -0.05) is 11.6 Å². The van der Waals surface area contributed by atoms with Crippen LogP contribution < -0.4 is 11.1 Å². The van der Waals surface area contributed by atoms with E-state index >= 15 is 0 Å². The molecule has 19 heavy (non-hydrogen) atoms. The third kappa shape index (κ3) is 3.99. The molecule has 1 unspecified atom stereocenters. The maximum atomic E-state index is 10.5. The van der Waals surface area contributed by atoms with Gasteiger partial charge in [0, 0.05) is 11.4 Å². The molecule has 1 amide bonds. The Labute approximate surface area is 119 Å². The minimum atomic E-state index is -0.782. The molecule has 3 N–H and O–H groups in total. The SMILES string of the molecule is NC(=O)OCCNC(c1ccco1)c1ccc(Cl)s1. The predicted molar refractivity (Wildman–Crippen MR) is 73.4 cm³/mol. The van der Waals surface area contributed by atoms with Crippen molar-refractivity contribution in [1.82, 2.24) is 5.32 Å². The van der Waals surface area contributed by atoms with Gasteiger partial charge in [0.1, 0.15) is 18.4 Å². The molecule has 0 fully saturated rings. The van der Waals surface area contributed by atoms with Crippen LogP contribution >= 0.6 is 22.9 Å². The molecule has 5 nitrogen and oxygen atoms in total. The molecule has 2 aromatic rings. The first-order valence-corrected chi connectivity index (χ1v) is 6.80. The molecule has 0 radical (unpaired) electrons. The van der Waals surface area contributed by atoms with Crippen molar-refractivity contribution in [2.75, 3.05) is 13.2 Å². The van der Waals surface area contributed by atoms with Crippen LogP contribution in [0.25, 0.3) is 0 Å². The van der Waals surface area contributed by atoms with Gasteiger partial charge in [0.25, 0.3) is 0 Å². The molecule has 0 aliphatic heterocycles. The second kappa shape index (κ2) is 6.60. The number of hydrogen-bond donors (Lipinski definition) is 2. The van der Waals surface area contributed by atoms with Crippen molar-refractivity contribution in [1.29, 1.82) is 0 Å². The molecule has 0 aliphatic carbocycles. The number of carbonyl (C=O) groups is 1. The Hall–Kier alpha value is -1.50. The molecule has 2 rings (SSSR count). The van der Waals surface area contributed by atoms with E-state index in [1.54, 1.807) is 6.26 Å². The van der Waals surface area contributed by atoms with Crippen molar-refractivity contribution in [3.63, 3.8) is 0 Å². The van der Waals surface area contributed by atoms with Crippen molar-refractivity contribution < 1.29 is 13.9 Å². The van der Waals surface area contributed by atoms with Crippen LogP contribution in [0.4, 0.5) is 4.79 Å². The predicted octanol–water partition coefficient (Wildman–Crippen LogP) is 2.77. The summed E-state index contributed by atoms with van der Waals surface area (Å²) in [6, 6.07) is 7.34. The molecule has 2 aromatic heterocycles. The third-order valence-corrected chi connectivity index (χ3v) is 3.70. The molecule has 0 aromatic carbocycles. The standard InChI is InChI=1S/C12H13ClN2O3S/c13-10-4-3-9(19-10)11(8-2-1-6-17-8)15-5-7-18-12(14)16/h1-4,6,11,15H,5,7H2,(H2,14,16). The van der Waals surface area contributed by atoms with Crippen molar-refractivity contribution >= 4 is 29.0 Å². The zero-order valence-electron chi connectivity index (χ0n) is 9.97. The number of carbonyl (C=O) groups excluding carboxylic acids is 1. The van der Waals surface area contributed by atoms with Crippen molar-refractivity contribution in [3.8, 4) is 0 Å². The number of halogens is 1. The minimum absolute atomic E-state index is 0.121. The summed E-state index contributed by atoms with van der Waals surface area (Å²) >= 11 is 7.41. The molecule has 0 saturated carbocycles. The minimum Gasteiger partial charge on any atom is -0.467 e. The Morgan fingerprint density at radius 3 is 2.95 bits per heavy atom. The highest BCUT2D eigenvalue weighted by atomic mass is 35.5. The zero-order valence-corrected chi connectivity index (χ0v) is 11.5. The maximum absolute atomic E-state index is 10.5. The van der Waals surface area contributed by atoms with Gasteiger partial charge in [0.2, 0.25) is 0 Å². The van der Waals surface area contributed by atoms with E-state index in [2.05, 4.69) is 10.1 Å². The van der Waals surface area contributed by atoms with Crippen molar-refractivity contribution in [3.05, 3.63) is 45.5 Å². The number of thiophene rings is 1. The number of hydrogen-bond acceptors (Lipinski definition) is 5. The third-order valence-electron chi connectivity index (χ3n) is 2.40. The summed E-state index contributed by atoms with van der Waals surface area (Å²) in [5.74, 6) is 0.776. The first-order chi connectivity index (χ1) is 9.16. The number of furan rings is 1. The summed E-state index contributed by atoms with van der Waals surface area (Å²) < 4.78 is 10.8. The van der Waals surface area contributed by atoms with Gasteiger partial charge in [-0.2, -0.15) is 0 Å². The highest BCUT2D eigenvalue weighted by Gasteiger charge is 2.18. The largest absolute Gasteiger partial charge is 0.467 e. The van der Waals surface area contributed by atoms with Gasteiger partial charge in [-0.15, -0.1) is 11.3 Å². The maximum Gasteiger partial charge on any atom is 0.404 e. The highest BCUT2D eigenvalue weighted by molar-refractivity contribution is 7.16. The Morgan fingerprint density at radius 2 is 2.37 bits per heavy atom. The summed E-state index contributed by atoms with van der Waals surface area (Å²) in [6.07, 6.45) is 0.828. The van der Waals surface area contributed by atoms with Crippen LogP contribution in [0.3, 0.4) is 0 Å². The summed E-state index contributed by atoms with van der Waals surface area (Å²) in [4.78, 5) is 11.5. The van der Waals surface area contributed by atoms with Gasteiger partial charge in [-0.3, -0.25) is 5.32 Å². The van der Waals surface area contributed by atoms with Crippen molar-refractivity contribution in [2.45, 2.75) is 6.04 Å². The van der Waals surface area contributed by atoms with E-state index in [0.717, 1.165) is 10.6 Å². The van der Waals surface area contributed by atoms with Gasteiger partial charge < -0.3 is 14.9 Å². The van der Waals surface area contributed by atoms with Crippen LogP contribution in [0.2, 0.25) is 4.34 Å². The Bertz CT molecular complexity index is 527. The smallest absolute Gasteiger partial charge is 0.404 e. The molecule has 7 heteroatoms. The molecular formula is C12H13ClN2O3S. The van der Waals surface area contributed by atoms with Crippen molar-refractivity contribution in [2.24, 2.45) is 5.73 Å². The lowest BCUT2D eigenvalue weighted by Crippen LogP contribution is -2.27. The Balaban J connectivity index is 2.01. The van der Waals surface area contributed by atoms with E-state index in [9.17, 15) is 4.79 Å². The van der Waals surface area contributed by atoms with E-state index in [1.165, 1.54) is 11.3 Å². The second-order valence-corrected chi connectivity index (χ2v) is 5.46. The van der Waals surface area contributed by atoms with Gasteiger partial charge in [-0.05, 0) is 24.3 Å². The number of rotatable bonds is 6. The zero-order chi connectivity index (χ0) is 13.7. The molecule has 0 bridgehead atoms. The Morgan fingerprint density at radius 1 is 1.53 bits per heavy atom. The molecule has 1 atom stereocenters. The first kappa shape index (κ1) is 13.9. The molecule has 102 valence electrons. The van der Waals surface area contributed by atoms with Gasteiger partial charge >= 0.3 is 6.09 Å². The quantitative estimate of drug-likeness (QED) is 0.804. The van der Waals surface area contributed by atoms with Crippen LogP contribution in [-0.4, -0.2) is 19.2 Å². The van der Waals surface area contributed by atoms with Crippen LogP contribution in [0.5, 0.6) is 0 Å². The number of ether oxygens (including phenoxy) is 1. The lowest BCUT2D eigenvalue weighted by atomic mass is 10.2. The average molecular weight is 301 g/mol. The van der Waals surface area contributed by atoms with E-state index in [1.807, 2.05) is 24.3 Å². The molecule has 0 aliphatic rings. The van der Waals surface area contributed by atoms with Crippen LogP contribution in [0.1, 0.15) is 16.7 Å². The summed E-state index contributed by atoms with van der Waals surface area (Å²) in [7, 11) is 0. The van der Waals surface area contributed by atoms with E-state index in [-0.39, 0.29) is 12.6 Å². The van der Waals surface area contributed by atoms with Gasteiger partial charge in [0.15, 0.2) is 0 Å². The molecular weight excluding hydrogens is 288 g/mol. The van der Waals surface area contributed by atoms with Crippen LogP contribution in [0, 0.1) is 0 Å². The lowest BCUT2D eigenvalue weighted by molar-refractivity contribution is 0.156. The van der Waals surface area contributed by atoms with Gasteiger partial charge in [-0.25, -0.2) is 4.79 Å². The summed E-state index contributed by atoms with van der Waals surface area (Å²) in [5, 5.41) is 3.23. The van der Waals surface area contributed by atoms with E-state index in [0.29, 0.717) is 10.9 Å².